The van der Waals surface area contributed by atoms with Gasteiger partial charge in [0, 0.05) is 12.8 Å². The van der Waals surface area contributed by atoms with E-state index in [2.05, 4.69) is 60.9 Å². The number of phosphoric ester groups is 2. The summed E-state index contributed by atoms with van der Waals surface area (Å²) in [6.45, 7) is 2.70. The average Bonchev–Trinajstić information content (AvgIpc) is 3.27. The topological polar surface area (TPSA) is 296 Å². The highest BCUT2D eigenvalue weighted by Crippen LogP contribution is 2.49. The Bertz CT molecular complexity index is 1660. The second-order valence-electron chi connectivity index (χ2n) is 16.1. The van der Waals surface area contributed by atoms with E-state index in [0.29, 0.717) is 12.8 Å². The van der Waals surface area contributed by atoms with Crippen molar-refractivity contribution in [2.24, 2.45) is 0 Å². The lowest BCUT2D eigenvalue weighted by Crippen LogP contribution is -2.64. The summed E-state index contributed by atoms with van der Waals surface area (Å²) < 4.78 is 49.1. The molecule has 1 fully saturated rings. The number of esters is 2. The molecule has 5 unspecified atom stereocenters. The molecule has 0 aromatic carbocycles. The smallest absolute Gasteiger partial charge is 0.462 e. The van der Waals surface area contributed by atoms with Crippen molar-refractivity contribution in [2.45, 2.75) is 184 Å². The standard InChI is InChI=1S/C47H78O18P2/c1-3-5-7-9-11-12-13-14-15-16-17-18-19-21-27-33-40(50)61-35-39(36-62-67(59,60)65-47-44(54)42(52)43(53)46(45(47)55)64-66(56,57)58)63-41(51)34-28-32-38(49)31-26-23-22-25-30-37(48)29-24-20-10-8-6-4-2/h5,7,11-12,14-15,20,22-26,30-31,37-39,42-49,52-55H,3-4,6,8-10,13,16-19,21,27-29,32-36H2,1-2H3,(H,59,60)(H2,56,57,58)/b7-5-,12-11-,15-14-,23-22+,24-20-,30-25+,31-26-/t37-,38-,39+,42?,43?,44?,45?,46+,47-/m0/s1. The van der Waals surface area contributed by atoms with Crippen molar-refractivity contribution in [3.8, 4) is 0 Å². The predicted octanol–water partition coefficient (Wildman–Crippen LogP) is 6.56. The number of hydrogen-bond donors (Lipinski definition) is 9. The number of aliphatic hydroxyl groups is 6. The number of carbonyl (C=O) groups excluding carboxylic acids is 2. The number of carbonyl (C=O) groups is 2. The molecule has 0 spiro atoms. The minimum absolute atomic E-state index is 0.0436. The summed E-state index contributed by atoms with van der Waals surface area (Å²) in [5.41, 5.74) is 0. The van der Waals surface area contributed by atoms with Crippen LogP contribution in [-0.4, -0.2) is 125 Å². The Morgan fingerprint density at radius 3 is 1.78 bits per heavy atom. The Hall–Kier alpha value is -2.90. The summed E-state index contributed by atoms with van der Waals surface area (Å²) in [4.78, 5) is 54.3. The van der Waals surface area contributed by atoms with Gasteiger partial charge in [-0.2, -0.15) is 0 Å². The van der Waals surface area contributed by atoms with Crippen LogP contribution in [0.3, 0.4) is 0 Å². The van der Waals surface area contributed by atoms with Crippen molar-refractivity contribution in [2.75, 3.05) is 13.2 Å². The van der Waals surface area contributed by atoms with Gasteiger partial charge in [0.1, 0.15) is 43.2 Å². The lowest BCUT2D eigenvalue weighted by molar-refractivity contribution is -0.216. The maximum Gasteiger partial charge on any atom is 0.472 e. The number of hydrogen-bond acceptors (Lipinski definition) is 15. The van der Waals surface area contributed by atoms with E-state index in [9.17, 15) is 54.3 Å². The van der Waals surface area contributed by atoms with Gasteiger partial charge in [0.15, 0.2) is 6.10 Å². The minimum Gasteiger partial charge on any atom is -0.462 e. The molecule has 0 radical (unpaired) electrons. The van der Waals surface area contributed by atoms with E-state index in [1.54, 1.807) is 30.4 Å². The SMILES string of the molecule is CC/C=C\C/C=C\C/C=C\CCCCCCCC(=O)OC[C@H](COP(=O)(O)O[C@H]1C(O)C(O)C(O)[C@@H](OP(=O)(O)O)C1O)OC(=O)CCC[C@@H](O)\C=C/C=C/C=C/[C@@H](O)C/C=C\CCCCC. The van der Waals surface area contributed by atoms with Gasteiger partial charge in [-0.15, -0.1) is 0 Å². The minimum atomic E-state index is -5.40. The van der Waals surface area contributed by atoms with Crippen molar-refractivity contribution < 1.29 is 87.1 Å². The van der Waals surface area contributed by atoms with Gasteiger partial charge in [-0.1, -0.05) is 131 Å². The molecule has 18 nitrogen and oxygen atoms in total. The van der Waals surface area contributed by atoms with Crippen LogP contribution in [0.25, 0.3) is 0 Å². The van der Waals surface area contributed by atoms with Gasteiger partial charge in [0.25, 0.3) is 0 Å². The molecule has 0 amide bonds. The Kier molecular flexibility index (Phi) is 34.3. The second kappa shape index (κ2) is 37.0. The van der Waals surface area contributed by atoms with E-state index in [1.807, 2.05) is 6.08 Å². The third-order valence-corrected chi connectivity index (χ3v) is 11.6. The molecule has 1 aliphatic rings. The van der Waals surface area contributed by atoms with Crippen molar-refractivity contribution in [3.05, 3.63) is 85.1 Å². The molecule has 0 aromatic rings. The van der Waals surface area contributed by atoms with Gasteiger partial charge < -0.3 is 54.8 Å². The largest absolute Gasteiger partial charge is 0.472 e. The first-order chi connectivity index (χ1) is 31.9. The number of aliphatic hydroxyl groups excluding tert-OH is 6. The highest BCUT2D eigenvalue weighted by Gasteiger charge is 2.54. The fraction of sp³-hybridized carbons (Fsp3) is 0.660. The van der Waals surface area contributed by atoms with E-state index in [-0.39, 0.29) is 25.7 Å². The normalized spacial score (nSPS) is 23.1. The van der Waals surface area contributed by atoms with Crippen LogP contribution in [-0.2, 0) is 41.8 Å². The van der Waals surface area contributed by atoms with Gasteiger partial charge in [0.05, 0.1) is 18.8 Å². The quantitative estimate of drug-likeness (QED) is 0.0105. The Morgan fingerprint density at radius 2 is 1.13 bits per heavy atom. The maximum absolute atomic E-state index is 13.0. The first kappa shape index (κ1) is 62.1. The van der Waals surface area contributed by atoms with Gasteiger partial charge in [-0.25, -0.2) is 9.13 Å². The maximum atomic E-state index is 13.0. The number of allylic oxidation sites excluding steroid dienone is 11. The number of unbranched alkanes of at least 4 members (excludes halogenated alkanes) is 8. The van der Waals surface area contributed by atoms with Crippen molar-refractivity contribution in [1.29, 1.82) is 0 Å². The third-order valence-electron chi connectivity index (χ3n) is 10.1. The fourth-order valence-electron chi connectivity index (χ4n) is 6.47. The van der Waals surface area contributed by atoms with Crippen LogP contribution in [0.15, 0.2) is 85.1 Å². The number of ether oxygens (including phenoxy) is 2. The molecule has 0 saturated heterocycles. The van der Waals surface area contributed by atoms with Gasteiger partial charge in [0.2, 0.25) is 0 Å². The van der Waals surface area contributed by atoms with E-state index in [0.717, 1.165) is 70.6 Å². The van der Waals surface area contributed by atoms with Crippen LogP contribution >= 0.6 is 15.6 Å². The molecular weight excluding hydrogens is 914 g/mol. The molecule has 0 aromatic heterocycles. The highest BCUT2D eigenvalue weighted by atomic mass is 31.2. The van der Waals surface area contributed by atoms with Gasteiger partial charge in [-0.05, 0) is 70.6 Å². The van der Waals surface area contributed by atoms with Crippen LogP contribution < -0.4 is 0 Å². The van der Waals surface area contributed by atoms with Crippen LogP contribution in [0, 0.1) is 0 Å². The van der Waals surface area contributed by atoms with Crippen LogP contribution in [0.2, 0.25) is 0 Å². The van der Waals surface area contributed by atoms with E-state index in [1.165, 1.54) is 12.5 Å². The van der Waals surface area contributed by atoms with Crippen molar-refractivity contribution >= 4 is 27.6 Å². The van der Waals surface area contributed by atoms with Crippen molar-refractivity contribution in [1.82, 2.24) is 0 Å². The lowest BCUT2D eigenvalue weighted by atomic mass is 9.85. The van der Waals surface area contributed by atoms with E-state index >= 15 is 0 Å². The zero-order valence-corrected chi connectivity index (χ0v) is 40.8. The molecule has 1 saturated carbocycles. The molecule has 384 valence electrons. The molecule has 10 atom stereocenters. The predicted molar refractivity (Wildman–Crippen MR) is 253 cm³/mol. The molecule has 0 bridgehead atoms. The fourth-order valence-corrected chi connectivity index (χ4v) is 8.01. The lowest BCUT2D eigenvalue weighted by Gasteiger charge is -2.43. The summed E-state index contributed by atoms with van der Waals surface area (Å²) in [7, 11) is -10.8. The second-order valence-corrected chi connectivity index (χ2v) is 18.7. The zero-order valence-electron chi connectivity index (χ0n) is 39.0. The zero-order chi connectivity index (χ0) is 49.9. The summed E-state index contributed by atoms with van der Waals surface area (Å²) in [6.07, 6.45) is 23.0. The van der Waals surface area contributed by atoms with Gasteiger partial charge >= 0.3 is 27.6 Å². The highest BCUT2D eigenvalue weighted by molar-refractivity contribution is 7.47. The molecule has 67 heavy (non-hydrogen) atoms. The van der Waals surface area contributed by atoms with Crippen molar-refractivity contribution in [3.63, 3.8) is 0 Å². The third kappa shape index (κ3) is 31.8. The van der Waals surface area contributed by atoms with Crippen LogP contribution in [0.4, 0.5) is 0 Å². The monoisotopic (exact) mass is 992 g/mol. The summed E-state index contributed by atoms with van der Waals surface area (Å²) in [5.74, 6) is -1.48. The number of rotatable bonds is 37. The molecular formula is C47H78O18P2. The first-order valence-corrected chi connectivity index (χ1v) is 26.4. The molecule has 1 aliphatic carbocycles. The number of phosphoric acid groups is 2. The average molecular weight is 993 g/mol. The first-order valence-electron chi connectivity index (χ1n) is 23.3. The molecule has 9 N–H and O–H groups in total. The summed E-state index contributed by atoms with van der Waals surface area (Å²) in [6, 6.07) is 0. The Labute approximate surface area is 396 Å². The Balaban J connectivity index is 2.74. The molecule has 0 heterocycles. The van der Waals surface area contributed by atoms with Gasteiger partial charge in [-0.3, -0.25) is 23.2 Å². The molecule has 20 heteroatoms. The summed E-state index contributed by atoms with van der Waals surface area (Å²) >= 11 is 0. The van der Waals surface area contributed by atoms with Crippen LogP contribution in [0.1, 0.15) is 129 Å². The van der Waals surface area contributed by atoms with Crippen LogP contribution in [0.5, 0.6) is 0 Å². The molecule has 1 rings (SSSR count). The van der Waals surface area contributed by atoms with E-state index < -0.39 is 95.7 Å². The molecule has 0 aliphatic heterocycles. The van der Waals surface area contributed by atoms with E-state index in [4.69, 9.17) is 28.3 Å². The Morgan fingerprint density at radius 1 is 0.582 bits per heavy atom. The summed E-state index contributed by atoms with van der Waals surface area (Å²) in [5, 5.41) is 61.6.